The van der Waals surface area contributed by atoms with Crippen molar-refractivity contribution in [2.45, 2.75) is 69.6 Å². The minimum Gasteiger partial charge on any atom is -0.387 e. The van der Waals surface area contributed by atoms with E-state index in [0.717, 1.165) is 54.1 Å². The summed E-state index contributed by atoms with van der Waals surface area (Å²) in [4.78, 5) is 27.5. The first-order valence-electron chi connectivity index (χ1n) is 14.3. The molecule has 3 aromatic rings. The number of amides is 1. The average Bonchev–Trinajstić information content (AvgIpc) is 3.46. The van der Waals surface area contributed by atoms with Crippen LogP contribution in [0.25, 0.3) is 11.1 Å². The van der Waals surface area contributed by atoms with Gasteiger partial charge < -0.3 is 20.2 Å². The number of piperazine rings is 1. The van der Waals surface area contributed by atoms with Gasteiger partial charge in [-0.3, -0.25) is 4.79 Å². The molecule has 3 aliphatic rings. The van der Waals surface area contributed by atoms with Gasteiger partial charge in [-0.2, -0.15) is 0 Å². The molecule has 2 saturated heterocycles. The number of hydrogen-bond acceptors (Lipinski definition) is 6. The lowest BCUT2D eigenvalue weighted by Gasteiger charge is -2.39. The molecule has 4 atom stereocenters. The predicted molar refractivity (Wildman–Crippen MR) is 154 cm³/mol. The molecule has 7 nitrogen and oxygen atoms in total. The molecule has 1 aromatic heterocycles. The van der Waals surface area contributed by atoms with Gasteiger partial charge in [0.25, 0.3) is 0 Å². The Kier molecular flexibility index (Phi) is 6.89. The van der Waals surface area contributed by atoms with Crippen LogP contribution in [0, 0.1) is 0 Å². The Labute approximate surface area is 231 Å². The normalized spacial score (nSPS) is 25.0. The van der Waals surface area contributed by atoms with Crippen molar-refractivity contribution in [3.05, 3.63) is 77.7 Å². The molecule has 7 heteroatoms. The van der Waals surface area contributed by atoms with Gasteiger partial charge in [0.2, 0.25) is 5.91 Å². The molecule has 204 valence electrons. The number of fused-ring (bicyclic) bond motifs is 1. The van der Waals surface area contributed by atoms with Crippen LogP contribution in [0.5, 0.6) is 0 Å². The molecule has 0 saturated carbocycles. The highest BCUT2D eigenvalue weighted by Gasteiger charge is 2.41. The van der Waals surface area contributed by atoms with Crippen LogP contribution in [0.1, 0.15) is 74.8 Å². The summed E-state index contributed by atoms with van der Waals surface area (Å²) in [5.41, 5.74) is 5.28. The molecule has 0 bridgehead atoms. The number of aromatic nitrogens is 2. The lowest BCUT2D eigenvalue weighted by atomic mass is 9.87. The number of nitrogens with one attached hydrogen (secondary N) is 1. The molecule has 3 heterocycles. The zero-order valence-corrected chi connectivity index (χ0v) is 23.2. The van der Waals surface area contributed by atoms with Crippen LogP contribution in [0.2, 0.25) is 0 Å². The topological polar surface area (TPSA) is 81.6 Å². The molecule has 1 amide bonds. The number of aliphatic hydroxyl groups excluding tert-OH is 1. The van der Waals surface area contributed by atoms with Gasteiger partial charge >= 0.3 is 0 Å². The maximum Gasteiger partial charge on any atom is 0.231 e. The van der Waals surface area contributed by atoms with Crippen molar-refractivity contribution in [1.29, 1.82) is 0 Å². The van der Waals surface area contributed by atoms with Crippen LogP contribution in [0.4, 0.5) is 5.82 Å². The quantitative estimate of drug-likeness (QED) is 0.505. The van der Waals surface area contributed by atoms with Gasteiger partial charge in [0.1, 0.15) is 12.1 Å². The van der Waals surface area contributed by atoms with E-state index in [2.05, 4.69) is 89.5 Å². The third-order valence-electron chi connectivity index (χ3n) is 8.87. The fraction of sp³-hybridized carbons (Fsp3) is 0.469. The summed E-state index contributed by atoms with van der Waals surface area (Å²) in [5, 5.41) is 14.2. The largest absolute Gasteiger partial charge is 0.387 e. The number of nitrogens with zero attached hydrogens (tertiary/aromatic N) is 4. The van der Waals surface area contributed by atoms with E-state index in [-0.39, 0.29) is 29.3 Å². The lowest BCUT2D eigenvalue weighted by molar-refractivity contribution is -0.133. The number of aliphatic hydroxyl groups is 1. The summed E-state index contributed by atoms with van der Waals surface area (Å²) in [7, 11) is 0. The first-order valence-corrected chi connectivity index (χ1v) is 14.3. The van der Waals surface area contributed by atoms with Gasteiger partial charge in [0.05, 0.1) is 17.7 Å². The first-order chi connectivity index (χ1) is 18.8. The second kappa shape index (κ2) is 10.4. The summed E-state index contributed by atoms with van der Waals surface area (Å²) < 4.78 is 0. The Morgan fingerprint density at radius 1 is 1.00 bits per heavy atom. The molecule has 2 unspecified atom stereocenters. The lowest BCUT2D eigenvalue weighted by Crippen LogP contribution is -2.53. The van der Waals surface area contributed by atoms with E-state index in [9.17, 15) is 9.90 Å². The number of benzene rings is 2. The van der Waals surface area contributed by atoms with Crippen molar-refractivity contribution in [2.24, 2.45) is 0 Å². The van der Waals surface area contributed by atoms with Crippen LogP contribution in [0.3, 0.4) is 0 Å². The Hall–Kier alpha value is -3.29. The van der Waals surface area contributed by atoms with Gasteiger partial charge in [-0.05, 0) is 55.7 Å². The maximum absolute atomic E-state index is 14.2. The predicted octanol–water partition coefficient (Wildman–Crippen LogP) is 4.65. The van der Waals surface area contributed by atoms with E-state index in [1.165, 1.54) is 5.56 Å². The first kappa shape index (κ1) is 26.0. The Morgan fingerprint density at radius 3 is 2.36 bits per heavy atom. The highest BCUT2D eigenvalue weighted by Crippen LogP contribution is 2.43. The van der Waals surface area contributed by atoms with Crippen LogP contribution in [0.15, 0.2) is 60.9 Å². The minimum absolute atomic E-state index is 0.0283. The highest BCUT2D eigenvalue weighted by atomic mass is 16.3. The summed E-state index contributed by atoms with van der Waals surface area (Å²) in [6, 6.07) is 19.1. The average molecular weight is 526 g/mol. The summed E-state index contributed by atoms with van der Waals surface area (Å²) in [6.45, 7) is 9.34. The third-order valence-corrected chi connectivity index (χ3v) is 8.87. The number of carbonyl (C=O) groups is 1. The molecule has 1 aliphatic carbocycles. The van der Waals surface area contributed by atoms with Gasteiger partial charge in [0.15, 0.2) is 0 Å². The molecular formula is C32H39N5O2. The summed E-state index contributed by atoms with van der Waals surface area (Å²) >= 11 is 0. The van der Waals surface area contributed by atoms with Crippen molar-refractivity contribution < 1.29 is 9.90 Å². The van der Waals surface area contributed by atoms with E-state index >= 15 is 0 Å². The molecule has 0 spiro atoms. The molecule has 0 radical (unpaired) electrons. The number of hydrogen-bond donors (Lipinski definition) is 2. The second-order valence-corrected chi connectivity index (χ2v) is 12.1. The van der Waals surface area contributed by atoms with E-state index in [1.807, 2.05) is 11.0 Å². The number of carbonyl (C=O) groups excluding carboxylic acids is 1. The number of rotatable bonds is 5. The van der Waals surface area contributed by atoms with E-state index < -0.39 is 6.10 Å². The van der Waals surface area contributed by atoms with Crippen LogP contribution in [-0.4, -0.2) is 63.6 Å². The molecule has 2 aromatic carbocycles. The van der Waals surface area contributed by atoms with Gasteiger partial charge in [0, 0.05) is 43.3 Å². The molecule has 6 rings (SSSR count). The maximum atomic E-state index is 14.2. The summed E-state index contributed by atoms with van der Waals surface area (Å²) in [6.07, 6.45) is 3.78. The molecular weight excluding hydrogens is 486 g/mol. The van der Waals surface area contributed by atoms with Crippen LogP contribution in [-0.2, 0) is 4.79 Å². The fourth-order valence-electron chi connectivity index (χ4n) is 6.76. The van der Waals surface area contributed by atoms with E-state index in [1.54, 1.807) is 6.33 Å². The van der Waals surface area contributed by atoms with Gasteiger partial charge in [-0.1, -0.05) is 61.5 Å². The summed E-state index contributed by atoms with van der Waals surface area (Å²) in [5.74, 6) is 1.13. The fourth-order valence-corrected chi connectivity index (χ4v) is 6.76. The van der Waals surface area contributed by atoms with E-state index in [0.29, 0.717) is 19.5 Å². The molecule has 2 N–H and O–H groups in total. The smallest absolute Gasteiger partial charge is 0.231 e. The van der Waals surface area contributed by atoms with Crippen molar-refractivity contribution in [2.75, 3.05) is 31.1 Å². The Bertz CT molecular complexity index is 1320. The van der Waals surface area contributed by atoms with Crippen molar-refractivity contribution in [1.82, 2.24) is 20.2 Å². The van der Waals surface area contributed by atoms with Gasteiger partial charge in [-0.25, -0.2) is 9.97 Å². The second-order valence-electron chi connectivity index (χ2n) is 12.1. The Balaban J connectivity index is 1.21. The zero-order chi connectivity index (χ0) is 27.1. The Morgan fingerprint density at radius 2 is 1.69 bits per heavy atom. The number of anilines is 1. The van der Waals surface area contributed by atoms with Crippen LogP contribution >= 0.6 is 0 Å². The van der Waals surface area contributed by atoms with Crippen molar-refractivity contribution in [3.8, 4) is 11.1 Å². The minimum atomic E-state index is -0.517. The third kappa shape index (κ3) is 5.06. The van der Waals surface area contributed by atoms with E-state index in [4.69, 9.17) is 0 Å². The van der Waals surface area contributed by atoms with Gasteiger partial charge in [-0.15, -0.1) is 0 Å². The van der Waals surface area contributed by atoms with Crippen molar-refractivity contribution >= 4 is 11.7 Å². The molecule has 39 heavy (non-hydrogen) atoms. The SMILES string of the molecule is C[C@@H]1C[C@@H](O)c2ncnc(N3CCN(C(=O)C(c4ccc(-c5ccccc5)cc4)C4CCC(C)(C)N4)CC3)c21. The standard InChI is InChI=1S/C32H39N5O2/c1-21-19-26(38)29-27(21)30(34-20-33-29)36-15-17-37(18-16-36)31(39)28(25-13-14-32(2,3)35-25)24-11-9-23(10-12-24)22-7-5-4-6-8-22/h4-12,20-21,25-26,28,35,38H,13-19H2,1-3H3/t21-,25?,26-,28?/m1/s1. The highest BCUT2D eigenvalue weighted by molar-refractivity contribution is 5.85. The zero-order valence-electron chi connectivity index (χ0n) is 23.2. The monoisotopic (exact) mass is 525 g/mol. The molecule has 2 fully saturated rings. The molecule has 2 aliphatic heterocycles. The van der Waals surface area contributed by atoms with Crippen LogP contribution < -0.4 is 10.2 Å². The van der Waals surface area contributed by atoms with Crippen molar-refractivity contribution in [3.63, 3.8) is 0 Å².